The Morgan fingerprint density at radius 2 is 2.17 bits per heavy atom. The second-order valence-electron chi connectivity index (χ2n) is 7.68. The first-order valence-corrected chi connectivity index (χ1v) is 8.48. The summed E-state index contributed by atoms with van der Waals surface area (Å²) in [7, 11) is 0. The van der Waals surface area contributed by atoms with E-state index in [1.807, 2.05) is 23.2 Å². The summed E-state index contributed by atoms with van der Waals surface area (Å²) in [4.78, 5) is 18.6. The lowest BCUT2D eigenvalue weighted by Gasteiger charge is -2.40. The fourth-order valence-electron chi connectivity index (χ4n) is 3.72. The quantitative estimate of drug-likeness (QED) is 0.922. The van der Waals surface area contributed by atoms with E-state index in [1.54, 1.807) is 13.8 Å². The first-order valence-electron chi connectivity index (χ1n) is 8.48. The molecule has 1 aromatic heterocycles. The molecule has 126 valence electrons. The molecule has 2 fully saturated rings. The molecule has 2 N–H and O–H groups in total. The van der Waals surface area contributed by atoms with Crippen LogP contribution in [-0.4, -0.2) is 47.1 Å². The number of piperidine rings is 1. The number of carbonyl (C=O) groups excluding carboxylic acids is 1. The van der Waals surface area contributed by atoms with Crippen LogP contribution in [0, 0.1) is 5.41 Å². The minimum absolute atomic E-state index is 0.0521. The highest BCUT2D eigenvalue weighted by atomic mass is 16.5. The smallest absolute Gasteiger partial charge is 0.242 e. The maximum absolute atomic E-state index is 12.3. The fourth-order valence-corrected chi connectivity index (χ4v) is 3.72. The second kappa shape index (κ2) is 6.21. The van der Waals surface area contributed by atoms with Gasteiger partial charge in [0.05, 0.1) is 18.2 Å². The molecule has 0 unspecified atom stereocenters. The maximum Gasteiger partial charge on any atom is 0.242 e. The van der Waals surface area contributed by atoms with Crippen LogP contribution in [0.15, 0.2) is 24.4 Å². The zero-order valence-electron chi connectivity index (χ0n) is 14.1. The molecule has 0 radical (unpaired) electrons. The number of nitrogens with two attached hydrogens (primary N) is 1. The summed E-state index contributed by atoms with van der Waals surface area (Å²) in [5.74, 6) is 0.0521. The van der Waals surface area contributed by atoms with Gasteiger partial charge in [-0.05, 0) is 50.7 Å². The van der Waals surface area contributed by atoms with Crippen LogP contribution in [0.1, 0.15) is 38.8 Å². The molecule has 2 aliphatic heterocycles. The summed E-state index contributed by atoms with van der Waals surface area (Å²) in [5.41, 5.74) is 6.48. The summed E-state index contributed by atoms with van der Waals surface area (Å²) < 4.78 is 6.05. The van der Waals surface area contributed by atoms with Crippen LogP contribution >= 0.6 is 0 Å². The van der Waals surface area contributed by atoms with E-state index in [1.165, 1.54) is 0 Å². The van der Waals surface area contributed by atoms with Gasteiger partial charge in [-0.1, -0.05) is 6.07 Å². The van der Waals surface area contributed by atoms with E-state index in [4.69, 9.17) is 10.5 Å². The summed E-state index contributed by atoms with van der Waals surface area (Å²) in [6.45, 7) is 5.94. The molecule has 2 aliphatic rings. The van der Waals surface area contributed by atoms with E-state index in [0.717, 1.165) is 51.1 Å². The van der Waals surface area contributed by atoms with Crippen LogP contribution in [0.5, 0.6) is 0 Å². The lowest BCUT2D eigenvalue weighted by molar-refractivity contribution is -0.138. The zero-order chi connectivity index (χ0) is 16.5. The van der Waals surface area contributed by atoms with Crippen molar-refractivity contribution in [1.82, 2.24) is 9.88 Å². The van der Waals surface area contributed by atoms with Gasteiger partial charge in [-0.3, -0.25) is 9.78 Å². The van der Waals surface area contributed by atoms with Crippen molar-refractivity contribution in [3.63, 3.8) is 0 Å². The Balaban J connectivity index is 1.54. The molecular formula is C18H27N3O2. The molecule has 0 aromatic carbocycles. The van der Waals surface area contributed by atoms with Gasteiger partial charge in [-0.15, -0.1) is 0 Å². The number of nitrogens with zero attached hydrogens (tertiary/aromatic N) is 2. The molecule has 1 spiro atoms. The van der Waals surface area contributed by atoms with Crippen molar-refractivity contribution >= 4 is 5.91 Å². The first-order chi connectivity index (χ1) is 10.9. The van der Waals surface area contributed by atoms with E-state index < -0.39 is 5.54 Å². The molecule has 2 saturated heterocycles. The van der Waals surface area contributed by atoms with Crippen molar-refractivity contribution in [3.05, 3.63) is 30.1 Å². The van der Waals surface area contributed by atoms with E-state index in [0.29, 0.717) is 0 Å². The molecule has 1 aromatic rings. The van der Waals surface area contributed by atoms with Crippen LogP contribution in [-0.2, 0) is 16.0 Å². The van der Waals surface area contributed by atoms with E-state index in [-0.39, 0.29) is 17.4 Å². The number of rotatable bonds is 3. The van der Waals surface area contributed by atoms with Gasteiger partial charge in [0.25, 0.3) is 0 Å². The Morgan fingerprint density at radius 3 is 2.78 bits per heavy atom. The number of pyridine rings is 1. The van der Waals surface area contributed by atoms with Crippen molar-refractivity contribution in [1.29, 1.82) is 0 Å². The van der Waals surface area contributed by atoms with Gasteiger partial charge >= 0.3 is 0 Å². The molecule has 1 amide bonds. The normalized spacial score (nSPS) is 24.1. The van der Waals surface area contributed by atoms with Crippen LogP contribution < -0.4 is 5.73 Å². The number of hydrogen-bond acceptors (Lipinski definition) is 4. The van der Waals surface area contributed by atoms with Gasteiger partial charge in [0, 0.05) is 31.4 Å². The van der Waals surface area contributed by atoms with Crippen LogP contribution in [0.4, 0.5) is 0 Å². The topological polar surface area (TPSA) is 68.5 Å². The summed E-state index contributed by atoms with van der Waals surface area (Å²) in [6, 6.07) is 6.01. The van der Waals surface area contributed by atoms with Gasteiger partial charge < -0.3 is 15.4 Å². The highest BCUT2D eigenvalue weighted by molar-refractivity contribution is 5.85. The molecule has 23 heavy (non-hydrogen) atoms. The largest absolute Gasteiger partial charge is 0.377 e. The Morgan fingerprint density at radius 1 is 1.43 bits per heavy atom. The van der Waals surface area contributed by atoms with Crippen molar-refractivity contribution in [2.75, 3.05) is 19.7 Å². The number of hydrogen-bond donors (Lipinski definition) is 1. The van der Waals surface area contributed by atoms with Crippen molar-refractivity contribution in [3.8, 4) is 0 Å². The maximum atomic E-state index is 12.3. The van der Waals surface area contributed by atoms with Gasteiger partial charge in [0.2, 0.25) is 5.91 Å². The van der Waals surface area contributed by atoms with Crippen LogP contribution in [0.3, 0.4) is 0 Å². The average molecular weight is 317 g/mol. The molecule has 5 heteroatoms. The third-order valence-electron chi connectivity index (χ3n) is 5.11. The monoisotopic (exact) mass is 317 g/mol. The highest BCUT2D eigenvalue weighted by Gasteiger charge is 2.44. The van der Waals surface area contributed by atoms with E-state index in [9.17, 15) is 4.79 Å². The van der Waals surface area contributed by atoms with Crippen LogP contribution in [0.2, 0.25) is 0 Å². The predicted molar refractivity (Wildman–Crippen MR) is 88.8 cm³/mol. The van der Waals surface area contributed by atoms with Gasteiger partial charge in [-0.2, -0.15) is 0 Å². The minimum Gasteiger partial charge on any atom is -0.377 e. The van der Waals surface area contributed by atoms with E-state index in [2.05, 4.69) is 11.1 Å². The Labute approximate surface area is 138 Å². The fraction of sp³-hybridized carbons (Fsp3) is 0.667. The van der Waals surface area contributed by atoms with Crippen molar-refractivity contribution in [2.24, 2.45) is 11.1 Å². The summed E-state index contributed by atoms with van der Waals surface area (Å²) in [5, 5.41) is 0. The number of likely N-dealkylation sites (tertiary alicyclic amines) is 1. The molecule has 0 saturated carbocycles. The molecular weight excluding hydrogens is 290 g/mol. The molecule has 3 rings (SSSR count). The lowest BCUT2D eigenvalue weighted by atomic mass is 9.76. The van der Waals surface area contributed by atoms with E-state index >= 15 is 0 Å². The van der Waals surface area contributed by atoms with Gasteiger partial charge in [0.1, 0.15) is 0 Å². The van der Waals surface area contributed by atoms with Gasteiger partial charge in [-0.25, -0.2) is 0 Å². The van der Waals surface area contributed by atoms with Crippen molar-refractivity contribution < 1.29 is 9.53 Å². The second-order valence-corrected chi connectivity index (χ2v) is 7.68. The van der Waals surface area contributed by atoms with Gasteiger partial charge in [0.15, 0.2) is 0 Å². The summed E-state index contributed by atoms with van der Waals surface area (Å²) in [6.07, 6.45) is 6.04. The Bertz CT molecular complexity index is 545. The molecule has 0 bridgehead atoms. The first kappa shape index (κ1) is 16.4. The minimum atomic E-state index is -0.780. The Kier molecular flexibility index (Phi) is 4.43. The Hall–Kier alpha value is -1.46. The molecule has 1 atom stereocenters. The predicted octanol–water partition coefficient (Wildman–Crippen LogP) is 1.76. The zero-order valence-corrected chi connectivity index (χ0v) is 14.1. The molecule has 3 heterocycles. The number of carbonyl (C=O) groups is 1. The summed E-state index contributed by atoms with van der Waals surface area (Å²) >= 11 is 0. The van der Waals surface area contributed by atoms with Crippen molar-refractivity contribution in [2.45, 2.75) is 51.2 Å². The SMILES string of the molecule is CC(C)(N)C(=O)N1CCC2(CC1)CO[C@@H](Cc1ccccn1)C2. The van der Waals surface area contributed by atoms with Crippen LogP contribution in [0.25, 0.3) is 0 Å². The lowest BCUT2D eigenvalue weighted by Crippen LogP contribution is -2.54. The number of ether oxygens (including phenoxy) is 1. The molecule has 5 nitrogen and oxygen atoms in total. The highest BCUT2D eigenvalue weighted by Crippen LogP contribution is 2.42. The standard InChI is InChI=1S/C18H27N3O2/c1-17(2,19)16(22)21-9-6-18(7-10-21)12-15(23-13-18)11-14-5-3-4-8-20-14/h3-5,8,15H,6-7,9-13,19H2,1-2H3/t15-/m0/s1. The number of amides is 1. The third-order valence-corrected chi connectivity index (χ3v) is 5.11. The average Bonchev–Trinajstić information content (AvgIpc) is 2.90. The number of aromatic nitrogens is 1. The third kappa shape index (κ3) is 3.72. The molecule has 0 aliphatic carbocycles.